The number of likely N-dealkylation sites (tertiary alicyclic amines) is 1. The highest BCUT2D eigenvalue weighted by molar-refractivity contribution is 5.82. The van der Waals surface area contributed by atoms with Gasteiger partial charge in [0.2, 0.25) is 5.91 Å². The second kappa shape index (κ2) is 11.4. The van der Waals surface area contributed by atoms with Gasteiger partial charge in [-0.25, -0.2) is 0 Å². The lowest BCUT2D eigenvalue weighted by atomic mass is 9.82. The zero-order chi connectivity index (χ0) is 25.8. The molecule has 3 heterocycles. The van der Waals surface area contributed by atoms with E-state index in [1.54, 1.807) is 6.07 Å². The summed E-state index contributed by atoms with van der Waals surface area (Å²) in [5.74, 6) is -0.420. The first-order valence-corrected chi connectivity index (χ1v) is 13.6. The summed E-state index contributed by atoms with van der Waals surface area (Å²) >= 11 is 0. The molecular formula is C29H37F3N4O. The Morgan fingerprint density at radius 2 is 1.70 bits per heavy atom. The molecule has 0 saturated carbocycles. The number of nitrogens with zero attached hydrogens (tertiary/aromatic N) is 3. The van der Waals surface area contributed by atoms with Gasteiger partial charge < -0.3 is 15.1 Å². The van der Waals surface area contributed by atoms with Crippen LogP contribution in [0.3, 0.4) is 0 Å². The van der Waals surface area contributed by atoms with Crippen LogP contribution in [0.25, 0.3) is 0 Å². The Labute approximate surface area is 217 Å². The van der Waals surface area contributed by atoms with E-state index in [1.807, 2.05) is 18.2 Å². The zero-order valence-electron chi connectivity index (χ0n) is 21.3. The Hall–Kier alpha value is -2.58. The number of carbonyl (C=O) groups is 1. The molecule has 200 valence electrons. The Morgan fingerprint density at radius 1 is 0.919 bits per heavy atom. The van der Waals surface area contributed by atoms with Gasteiger partial charge in [0.1, 0.15) is 0 Å². The molecule has 0 aliphatic carbocycles. The predicted octanol–water partition coefficient (Wildman–Crippen LogP) is 4.21. The van der Waals surface area contributed by atoms with Crippen molar-refractivity contribution in [3.8, 4) is 0 Å². The molecule has 0 radical (unpaired) electrons. The Balaban J connectivity index is 1.30. The van der Waals surface area contributed by atoms with Crippen molar-refractivity contribution in [1.82, 2.24) is 15.1 Å². The first kappa shape index (κ1) is 26.0. The number of nitrogens with one attached hydrogen (secondary N) is 1. The van der Waals surface area contributed by atoms with Gasteiger partial charge in [0.25, 0.3) is 0 Å². The molecular weight excluding hydrogens is 477 g/mol. The molecule has 0 bridgehead atoms. The third-order valence-electron chi connectivity index (χ3n) is 8.20. The Morgan fingerprint density at radius 3 is 2.46 bits per heavy atom. The van der Waals surface area contributed by atoms with E-state index in [-0.39, 0.29) is 17.9 Å². The Kier molecular flexibility index (Phi) is 8.05. The lowest BCUT2D eigenvalue weighted by Crippen LogP contribution is -2.61. The SMILES string of the molecule is O=C(NCCN1CCCCC1)[C@H]1Cc2cc(C(F)(F)F)ccc2N2CCN(CCc3ccccc3)C[C@H]12. The molecule has 0 unspecified atom stereocenters. The number of anilines is 1. The number of piperazine rings is 1. The number of halogens is 3. The van der Waals surface area contributed by atoms with Crippen LogP contribution in [0.4, 0.5) is 18.9 Å². The Bertz CT molecular complexity index is 1050. The van der Waals surface area contributed by atoms with Gasteiger partial charge in [-0.05, 0) is 68.1 Å². The average molecular weight is 515 g/mol. The summed E-state index contributed by atoms with van der Waals surface area (Å²) in [5, 5.41) is 3.13. The van der Waals surface area contributed by atoms with Crippen molar-refractivity contribution in [2.75, 3.05) is 57.3 Å². The number of hydrogen-bond acceptors (Lipinski definition) is 4. The van der Waals surface area contributed by atoms with E-state index in [4.69, 9.17) is 0 Å². The first-order valence-electron chi connectivity index (χ1n) is 13.6. The van der Waals surface area contributed by atoms with Gasteiger partial charge >= 0.3 is 6.18 Å². The highest BCUT2D eigenvalue weighted by Gasteiger charge is 2.42. The van der Waals surface area contributed by atoms with Crippen LogP contribution < -0.4 is 10.2 Å². The fraction of sp³-hybridized carbons (Fsp3) is 0.552. The number of piperidine rings is 1. The van der Waals surface area contributed by atoms with E-state index < -0.39 is 11.7 Å². The number of hydrogen-bond donors (Lipinski definition) is 1. The van der Waals surface area contributed by atoms with Gasteiger partial charge in [0.05, 0.1) is 17.5 Å². The summed E-state index contributed by atoms with van der Waals surface area (Å²) in [6.45, 7) is 6.71. The molecule has 1 amide bonds. The van der Waals surface area contributed by atoms with Crippen LogP contribution in [0.2, 0.25) is 0 Å². The maximum absolute atomic E-state index is 13.5. The predicted molar refractivity (Wildman–Crippen MR) is 140 cm³/mol. The minimum atomic E-state index is -4.39. The maximum Gasteiger partial charge on any atom is 0.416 e. The highest BCUT2D eigenvalue weighted by Crippen LogP contribution is 2.39. The molecule has 2 aromatic rings. The molecule has 8 heteroatoms. The van der Waals surface area contributed by atoms with Gasteiger partial charge in [-0.15, -0.1) is 0 Å². The van der Waals surface area contributed by atoms with Gasteiger partial charge in [0, 0.05) is 45.0 Å². The van der Waals surface area contributed by atoms with Crippen molar-refractivity contribution >= 4 is 11.6 Å². The maximum atomic E-state index is 13.5. The molecule has 1 N–H and O–H groups in total. The third-order valence-corrected chi connectivity index (χ3v) is 8.20. The fourth-order valence-corrected chi connectivity index (χ4v) is 6.15. The monoisotopic (exact) mass is 514 g/mol. The first-order chi connectivity index (χ1) is 17.9. The van der Waals surface area contributed by atoms with Crippen LogP contribution in [-0.2, 0) is 23.8 Å². The van der Waals surface area contributed by atoms with Crippen molar-refractivity contribution in [3.63, 3.8) is 0 Å². The standard InChI is InChI=1S/C29H37F3N4O/c30-29(31,32)24-9-10-26-23(19-24)20-25(28(37)33-12-16-34-13-5-2-6-14-34)27-21-35(17-18-36(26)27)15-11-22-7-3-1-4-8-22/h1,3-4,7-10,19,25,27H,2,5-6,11-18,20-21H2,(H,33,37)/t25-,27+/m0/s1. The minimum Gasteiger partial charge on any atom is -0.365 e. The molecule has 2 aromatic carbocycles. The normalized spacial score (nSPS) is 22.8. The topological polar surface area (TPSA) is 38.8 Å². The fourth-order valence-electron chi connectivity index (χ4n) is 6.15. The molecule has 5 rings (SSSR count). The van der Waals surface area contributed by atoms with Gasteiger partial charge in [0.15, 0.2) is 0 Å². The lowest BCUT2D eigenvalue weighted by molar-refractivity contribution is -0.137. The lowest BCUT2D eigenvalue weighted by Gasteiger charge is -2.49. The van der Waals surface area contributed by atoms with Crippen LogP contribution in [-0.4, -0.2) is 74.1 Å². The largest absolute Gasteiger partial charge is 0.416 e. The smallest absolute Gasteiger partial charge is 0.365 e. The van der Waals surface area contributed by atoms with Crippen molar-refractivity contribution in [2.45, 2.75) is 44.3 Å². The molecule has 2 fully saturated rings. The molecule has 3 aliphatic heterocycles. The van der Waals surface area contributed by atoms with Crippen molar-refractivity contribution in [3.05, 3.63) is 65.2 Å². The zero-order valence-corrected chi connectivity index (χ0v) is 21.3. The van der Waals surface area contributed by atoms with Crippen molar-refractivity contribution < 1.29 is 18.0 Å². The van der Waals surface area contributed by atoms with Crippen molar-refractivity contribution in [1.29, 1.82) is 0 Å². The van der Waals surface area contributed by atoms with Gasteiger partial charge in [-0.2, -0.15) is 13.2 Å². The number of amides is 1. The average Bonchev–Trinajstić information content (AvgIpc) is 2.91. The number of alkyl halides is 3. The summed E-state index contributed by atoms with van der Waals surface area (Å²) in [6.07, 6.45) is 0.542. The molecule has 2 atom stereocenters. The number of benzene rings is 2. The molecule has 5 nitrogen and oxygen atoms in total. The molecule has 0 spiro atoms. The summed E-state index contributed by atoms with van der Waals surface area (Å²) in [7, 11) is 0. The third kappa shape index (κ3) is 6.29. The molecule has 2 saturated heterocycles. The van der Waals surface area contributed by atoms with Gasteiger partial charge in [-0.3, -0.25) is 9.69 Å². The van der Waals surface area contributed by atoms with E-state index in [0.29, 0.717) is 25.1 Å². The second-order valence-corrected chi connectivity index (χ2v) is 10.6. The molecule has 0 aromatic heterocycles. The van der Waals surface area contributed by atoms with Crippen LogP contribution in [0, 0.1) is 5.92 Å². The van der Waals surface area contributed by atoms with Crippen LogP contribution >= 0.6 is 0 Å². The van der Waals surface area contributed by atoms with E-state index in [9.17, 15) is 18.0 Å². The number of rotatable bonds is 7. The number of fused-ring (bicyclic) bond motifs is 3. The minimum absolute atomic E-state index is 0.0417. The van der Waals surface area contributed by atoms with Crippen LogP contribution in [0.1, 0.15) is 36.0 Å². The van der Waals surface area contributed by atoms with Gasteiger partial charge in [-0.1, -0.05) is 36.8 Å². The summed E-state index contributed by atoms with van der Waals surface area (Å²) in [6, 6.07) is 14.3. The van der Waals surface area contributed by atoms with Crippen molar-refractivity contribution in [2.24, 2.45) is 5.92 Å². The summed E-state index contributed by atoms with van der Waals surface area (Å²) in [5.41, 5.74) is 2.11. The summed E-state index contributed by atoms with van der Waals surface area (Å²) in [4.78, 5) is 20.4. The van der Waals surface area contributed by atoms with E-state index in [2.05, 4.69) is 32.1 Å². The van der Waals surface area contributed by atoms with E-state index in [0.717, 1.165) is 51.4 Å². The molecule has 37 heavy (non-hydrogen) atoms. The second-order valence-electron chi connectivity index (χ2n) is 10.6. The van der Waals surface area contributed by atoms with Crippen LogP contribution in [0.5, 0.6) is 0 Å². The van der Waals surface area contributed by atoms with Crippen LogP contribution in [0.15, 0.2) is 48.5 Å². The quantitative estimate of drug-likeness (QED) is 0.601. The molecule has 3 aliphatic rings. The van der Waals surface area contributed by atoms with E-state index >= 15 is 0 Å². The summed E-state index contributed by atoms with van der Waals surface area (Å²) < 4.78 is 40.4. The number of carbonyl (C=O) groups excluding carboxylic acids is 1. The van der Waals surface area contributed by atoms with E-state index in [1.165, 1.54) is 37.0 Å². The highest BCUT2D eigenvalue weighted by atomic mass is 19.4.